The lowest BCUT2D eigenvalue weighted by Gasteiger charge is -2.61. The normalized spacial score (nSPS) is 46.8. The molecule has 26 heavy (non-hydrogen) atoms. The molecule has 3 aliphatic carbocycles. The number of rotatable bonds is 1. The van der Waals surface area contributed by atoms with Crippen molar-refractivity contribution in [3.63, 3.8) is 0 Å². The highest BCUT2D eigenvalue weighted by molar-refractivity contribution is 5.91. The maximum atomic E-state index is 13.4. The van der Waals surface area contributed by atoms with Gasteiger partial charge in [0.05, 0.1) is 5.57 Å². The quantitative estimate of drug-likeness (QED) is 0.730. The zero-order valence-corrected chi connectivity index (χ0v) is 17.0. The monoisotopic (exact) mass is 358 g/mol. The molecule has 0 radical (unpaired) electrons. The van der Waals surface area contributed by atoms with Crippen molar-refractivity contribution in [2.45, 2.75) is 70.9 Å². The van der Waals surface area contributed by atoms with Crippen molar-refractivity contribution in [1.29, 1.82) is 0 Å². The van der Waals surface area contributed by atoms with E-state index in [1.165, 1.54) is 37.9 Å². The second-order valence-corrected chi connectivity index (χ2v) is 10.8. The summed E-state index contributed by atoms with van der Waals surface area (Å²) >= 11 is 0. The SMILES string of the molecule is CC1CC2C(C(=O)OC(C)(C)C)=C3NCCCC34C3CC2C4(C1)N(C)C3. The Morgan fingerprint density at radius 1 is 1.31 bits per heavy atom. The Hall–Kier alpha value is -1.03. The summed E-state index contributed by atoms with van der Waals surface area (Å²) in [7, 11) is 2.35. The third-order valence-corrected chi connectivity index (χ3v) is 8.35. The number of hydrogen-bond acceptors (Lipinski definition) is 4. The Kier molecular flexibility index (Phi) is 3.33. The molecule has 144 valence electrons. The highest BCUT2D eigenvalue weighted by Crippen LogP contribution is 2.75. The Morgan fingerprint density at radius 2 is 2.08 bits per heavy atom. The fraction of sp³-hybridized carbons (Fsp3) is 0.864. The number of nitrogens with one attached hydrogen (secondary N) is 1. The first-order chi connectivity index (χ1) is 12.2. The van der Waals surface area contributed by atoms with Gasteiger partial charge in [0.2, 0.25) is 0 Å². The van der Waals surface area contributed by atoms with Gasteiger partial charge in [-0.3, -0.25) is 4.90 Å². The van der Waals surface area contributed by atoms with Crippen molar-refractivity contribution in [2.75, 3.05) is 20.1 Å². The van der Waals surface area contributed by atoms with Crippen LogP contribution in [0.1, 0.15) is 59.8 Å². The van der Waals surface area contributed by atoms with Crippen LogP contribution in [0.5, 0.6) is 0 Å². The maximum absolute atomic E-state index is 13.4. The number of ether oxygens (including phenoxy) is 1. The molecule has 5 rings (SSSR count). The van der Waals surface area contributed by atoms with E-state index in [0.29, 0.717) is 23.7 Å². The molecule has 2 saturated carbocycles. The fourth-order valence-electron chi connectivity index (χ4n) is 8.06. The molecule has 5 aliphatic rings. The lowest BCUT2D eigenvalue weighted by atomic mass is 9.49. The number of carbonyl (C=O) groups is 1. The molecular formula is C22H34N2O2. The molecule has 0 aromatic carbocycles. The highest BCUT2D eigenvalue weighted by Gasteiger charge is 2.77. The van der Waals surface area contributed by atoms with Crippen molar-refractivity contribution < 1.29 is 9.53 Å². The van der Waals surface area contributed by atoms with Gasteiger partial charge in [-0.05, 0) is 83.6 Å². The lowest BCUT2D eigenvalue weighted by Crippen LogP contribution is -2.66. The third-order valence-electron chi connectivity index (χ3n) is 8.35. The Balaban J connectivity index is 1.72. The summed E-state index contributed by atoms with van der Waals surface area (Å²) in [6, 6.07) is 0. The number of likely N-dealkylation sites (tertiary alicyclic amines) is 1. The van der Waals surface area contributed by atoms with Gasteiger partial charge in [-0.2, -0.15) is 0 Å². The van der Waals surface area contributed by atoms with Crippen LogP contribution in [0, 0.1) is 29.1 Å². The number of esters is 1. The van der Waals surface area contributed by atoms with E-state index < -0.39 is 5.60 Å². The number of hydrogen-bond donors (Lipinski definition) is 1. The van der Waals surface area contributed by atoms with E-state index in [1.54, 1.807) is 0 Å². The standard InChI is InChI=1S/C22H34N2O2/c1-13-9-15-16-10-14-12-24(5)22(16,11-13)21(14)7-6-8-23-18(21)17(15)19(25)26-20(2,3)4/h13-16,23H,6-12H2,1-5H3. The average Bonchev–Trinajstić information content (AvgIpc) is 2.84. The molecule has 2 aliphatic heterocycles. The van der Waals surface area contributed by atoms with Crippen LogP contribution in [0.4, 0.5) is 0 Å². The summed E-state index contributed by atoms with van der Waals surface area (Å²) in [4.78, 5) is 16.1. The van der Waals surface area contributed by atoms with Gasteiger partial charge in [0.1, 0.15) is 5.60 Å². The van der Waals surface area contributed by atoms with Gasteiger partial charge in [-0.25, -0.2) is 4.79 Å². The first-order valence-electron chi connectivity index (χ1n) is 10.6. The van der Waals surface area contributed by atoms with Gasteiger partial charge >= 0.3 is 5.97 Å². The van der Waals surface area contributed by atoms with Gasteiger partial charge in [-0.1, -0.05) is 6.92 Å². The molecule has 4 nitrogen and oxygen atoms in total. The van der Waals surface area contributed by atoms with Crippen LogP contribution in [0.2, 0.25) is 0 Å². The van der Waals surface area contributed by atoms with E-state index >= 15 is 0 Å². The van der Waals surface area contributed by atoms with E-state index in [9.17, 15) is 4.79 Å². The summed E-state index contributed by atoms with van der Waals surface area (Å²) in [6.45, 7) is 10.6. The minimum Gasteiger partial charge on any atom is -0.457 e. The molecule has 0 amide bonds. The lowest BCUT2D eigenvalue weighted by molar-refractivity contribution is -0.153. The fourth-order valence-corrected chi connectivity index (χ4v) is 8.06. The Bertz CT molecular complexity index is 693. The predicted octanol–water partition coefficient (Wildman–Crippen LogP) is 3.33. The van der Waals surface area contributed by atoms with Gasteiger partial charge in [0.15, 0.2) is 0 Å². The van der Waals surface area contributed by atoms with E-state index in [1.807, 2.05) is 20.8 Å². The van der Waals surface area contributed by atoms with Crippen molar-refractivity contribution in [1.82, 2.24) is 10.2 Å². The summed E-state index contributed by atoms with van der Waals surface area (Å²) in [6.07, 6.45) is 6.21. The number of carbonyl (C=O) groups excluding carboxylic acids is 1. The molecule has 0 aromatic heterocycles. The number of piperidine rings is 2. The minimum absolute atomic E-state index is 0.0471. The summed E-state index contributed by atoms with van der Waals surface area (Å²) in [5, 5.41) is 3.77. The van der Waals surface area contributed by atoms with Crippen molar-refractivity contribution in [3.8, 4) is 0 Å². The smallest absolute Gasteiger partial charge is 0.336 e. The Morgan fingerprint density at radius 3 is 2.81 bits per heavy atom. The largest absolute Gasteiger partial charge is 0.457 e. The molecule has 6 unspecified atom stereocenters. The van der Waals surface area contributed by atoms with Crippen LogP contribution in [-0.4, -0.2) is 42.1 Å². The van der Waals surface area contributed by atoms with Gasteiger partial charge in [-0.15, -0.1) is 0 Å². The summed E-state index contributed by atoms with van der Waals surface area (Å²) in [5.74, 6) is 2.33. The van der Waals surface area contributed by atoms with Crippen LogP contribution in [0.25, 0.3) is 0 Å². The third kappa shape index (κ3) is 1.82. The highest BCUT2D eigenvalue weighted by atomic mass is 16.6. The van der Waals surface area contributed by atoms with Crippen molar-refractivity contribution >= 4 is 5.97 Å². The van der Waals surface area contributed by atoms with E-state index in [-0.39, 0.29) is 16.9 Å². The summed E-state index contributed by atoms with van der Waals surface area (Å²) < 4.78 is 5.94. The Labute approximate surface area is 157 Å². The average molecular weight is 359 g/mol. The molecule has 1 N–H and O–H groups in total. The minimum atomic E-state index is -0.434. The first-order valence-corrected chi connectivity index (χ1v) is 10.6. The molecule has 2 saturated heterocycles. The molecule has 4 fully saturated rings. The van der Waals surface area contributed by atoms with Crippen molar-refractivity contribution in [3.05, 3.63) is 11.3 Å². The first kappa shape index (κ1) is 17.1. The molecule has 5 bridgehead atoms. The van der Waals surface area contributed by atoms with E-state index in [0.717, 1.165) is 18.5 Å². The molecular weight excluding hydrogens is 324 g/mol. The van der Waals surface area contributed by atoms with Crippen LogP contribution < -0.4 is 5.32 Å². The second kappa shape index (κ2) is 5.06. The van der Waals surface area contributed by atoms with E-state index in [4.69, 9.17) is 4.74 Å². The molecule has 2 spiro atoms. The van der Waals surface area contributed by atoms with Gasteiger partial charge in [0, 0.05) is 29.7 Å². The van der Waals surface area contributed by atoms with Crippen molar-refractivity contribution in [2.24, 2.45) is 29.1 Å². The second-order valence-electron chi connectivity index (χ2n) is 10.8. The topological polar surface area (TPSA) is 41.6 Å². The molecule has 6 atom stereocenters. The number of nitrogens with zero attached hydrogens (tertiary/aromatic N) is 1. The zero-order chi connectivity index (χ0) is 18.5. The maximum Gasteiger partial charge on any atom is 0.336 e. The van der Waals surface area contributed by atoms with Crippen LogP contribution in [0.3, 0.4) is 0 Å². The summed E-state index contributed by atoms with van der Waals surface area (Å²) in [5.41, 5.74) is 2.34. The van der Waals surface area contributed by atoms with E-state index in [2.05, 4.69) is 24.2 Å². The predicted molar refractivity (Wildman–Crippen MR) is 101 cm³/mol. The zero-order valence-electron chi connectivity index (χ0n) is 17.0. The van der Waals surface area contributed by atoms with Crippen LogP contribution >= 0.6 is 0 Å². The van der Waals surface area contributed by atoms with Crippen LogP contribution in [0.15, 0.2) is 11.3 Å². The van der Waals surface area contributed by atoms with Crippen LogP contribution in [-0.2, 0) is 9.53 Å². The van der Waals surface area contributed by atoms with Gasteiger partial charge < -0.3 is 10.1 Å². The molecule has 0 aromatic rings. The molecule has 4 heteroatoms. The van der Waals surface area contributed by atoms with Gasteiger partial charge in [0.25, 0.3) is 0 Å². The molecule has 2 heterocycles.